The lowest BCUT2D eigenvalue weighted by atomic mass is 9.73. The molecule has 4 aliphatic carbocycles. The molecule has 4 rings (SSSR count). The summed E-state index contributed by atoms with van der Waals surface area (Å²) >= 11 is 0. The van der Waals surface area contributed by atoms with Crippen molar-refractivity contribution in [3.8, 4) is 0 Å². The topological polar surface area (TPSA) is 0 Å². The molecule has 4 aliphatic rings. The number of fused-ring (bicyclic) bond motifs is 9. The summed E-state index contributed by atoms with van der Waals surface area (Å²) in [5, 5.41) is 0. The molecule has 3 fully saturated rings. The molecule has 0 spiro atoms. The molecule has 0 heterocycles. The monoisotopic (exact) mass is 178 g/mol. The van der Waals surface area contributed by atoms with E-state index in [0.717, 1.165) is 30.1 Å². The number of rotatable bonds is 0. The van der Waals surface area contributed by atoms with Crippen molar-refractivity contribution in [2.24, 2.45) is 35.5 Å². The van der Waals surface area contributed by atoms with Gasteiger partial charge in [-0.1, -0.05) is 0 Å². The summed E-state index contributed by atoms with van der Waals surface area (Å²) < 4.78 is 13.4. The molecule has 6 unspecified atom stereocenters. The molecule has 0 amide bonds. The highest BCUT2D eigenvalue weighted by atomic mass is 19.1. The van der Waals surface area contributed by atoms with Crippen molar-refractivity contribution in [1.29, 1.82) is 0 Å². The van der Waals surface area contributed by atoms with Gasteiger partial charge in [-0.3, -0.25) is 0 Å². The molecule has 0 aliphatic heterocycles. The smallest absolute Gasteiger partial charge is 0.0996 e. The van der Waals surface area contributed by atoms with Gasteiger partial charge in [-0.25, -0.2) is 4.39 Å². The van der Waals surface area contributed by atoms with Crippen molar-refractivity contribution >= 4 is 0 Å². The van der Waals surface area contributed by atoms with Crippen molar-refractivity contribution in [2.45, 2.75) is 25.7 Å². The van der Waals surface area contributed by atoms with Crippen LogP contribution in [0.1, 0.15) is 25.7 Å². The predicted molar refractivity (Wildman–Crippen MR) is 48.6 cm³/mol. The minimum Gasteiger partial charge on any atom is -0.212 e. The number of hydrogen-bond donors (Lipinski definition) is 0. The third-order valence-corrected chi connectivity index (χ3v) is 5.26. The van der Waals surface area contributed by atoms with Crippen LogP contribution in [0.3, 0.4) is 0 Å². The normalized spacial score (nSPS) is 61.5. The Morgan fingerprint density at radius 2 is 1.85 bits per heavy atom. The average molecular weight is 178 g/mol. The molecule has 0 aromatic rings. The van der Waals surface area contributed by atoms with E-state index in [4.69, 9.17) is 0 Å². The fraction of sp³-hybridized carbons (Fsp3) is 0.833. The lowest BCUT2D eigenvalue weighted by Gasteiger charge is -2.32. The van der Waals surface area contributed by atoms with Gasteiger partial charge in [-0.2, -0.15) is 0 Å². The van der Waals surface area contributed by atoms with Gasteiger partial charge in [0.05, 0.1) is 5.83 Å². The van der Waals surface area contributed by atoms with Gasteiger partial charge < -0.3 is 0 Å². The Hall–Kier alpha value is -0.330. The van der Waals surface area contributed by atoms with Crippen molar-refractivity contribution < 1.29 is 4.39 Å². The minimum absolute atomic E-state index is 0.249. The summed E-state index contributed by atoms with van der Waals surface area (Å²) in [5.74, 6) is 4.82. The third kappa shape index (κ3) is 0.660. The zero-order valence-corrected chi connectivity index (χ0v) is 7.75. The predicted octanol–water partition coefficient (Wildman–Crippen LogP) is 3.15. The molecule has 13 heavy (non-hydrogen) atoms. The standard InChI is InChI=1S/C12H15F/c13-10-5-8-4-9(10)12-7-2-1-6(3-7)11(8)12/h5-9,11-12H,1-4H2. The van der Waals surface area contributed by atoms with Crippen LogP contribution in [0.25, 0.3) is 0 Å². The summed E-state index contributed by atoms with van der Waals surface area (Å²) in [6.07, 6.45) is 7.40. The number of halogens is 1. The van der Waals surface area contributed by atoms with Crippen LogP contribution in [0, 0.1) is 35.5 Å². The van der Waals surface area contributed by atoms with E-state index < -0.39 is 0 Å². The Kier molecular flexibility index (Phi) is 1.09. The molecule has 0 aromatic heterocycles. The first-order valence-electron chi connectivity index (χ1n) is 5.72. The Morgan fingerprint density at radius 3 is 2.69 bits per heavy atom. The Morgan fingerprint density at radius 1 is 1.08 bits per heavy atom. The fourth-order valence-corrected chi connectivity index (χ4v) is 5.02. The number of allylic oxidation sites excluding steroid dienone is 2. The summed E-state index contributed by atoms with van der Waals surface area (Å²) in [5.41, 5.74) is 0. The molecule has 70 valence electrons. The molecule has 3 saturated carbocycles. The molecular weight excluding hydrogens is 163 g/mol. The summed E-state index contributed by atoms with van der Waals surface area (Å²) in [4.78, 5) is 0. The van der Waals surface area contributed by atoms with E-state index >= 15 is 0 Å². The highest BCUT2D eigenvalue weighted by molar-refractivity contribution is 5.23. The first-order valence-corrected chi connectivity index (χ1v) is 5.72. The molecule has 0 aromatic carbocycles. The van der Waals surface area contributed by atoms with Gasteiger partial charge >= 0.3 is 0 Å². The lowest BCUT2D eigenvalue weighted by molar-refractivity contribution is 0.187. The number of hydrogen-bond acceptors (Lipinski definition) is 0. The summed E-state index contributed by atoms with van der Waals surface area (Å²) in [7, 11) is 0. The van der Waals surface area contributed by atoms with E-state index in [1.54, 1.807) is 0 Å². The molecule has 0 nitrogen and oxygen atoms in total. The van der Waals surface area contributed by atoms with E-state index in [9.17, 15) is 4.39 Å². The lowest BCUT2D eigenvalue weighted by Crippen LogP contribution is -2.26. The highest BCUT2D eigenvalue weighted by Crippen LogP contribution is 2.66. The fourth-order valence-electron chi connectivity index (χ4n) is 5.02. The zero-order valence-electron chi connectivity index (χ0n) is 7.75. The van der Waals surface area contributed by atoms with Gasteiger partial charge in [-0.15, -0.1) is 0 Å². The van der Waals surface area contributed by atoms with Crippen LogP contribution in [-0.2, 0) is 0 Å². The van der Waals surface area contributed by atoms with E-state index in [1.165, 1.54) is 19.3 Å². The summed E-state index contributed by atoms with van der Waals surface area (Å²) in [6, 6.07) is 0. The van der Waals surface area contributed by atoms with Gasteiger partial charge in [0.1, 0.15) is 0 Å². The van der Waals surface area contributed by atoms with E-state index in [1.807, 2.05) is 6.08 Å². The van der Waals surface area contributed by atoms with Gasteiger partial charge in [0.25, 0.3) is 0 Å². The van der Waals surface area contributed by atoms with Crippen LogP contribution < -0.4 is 0 Å². The van der Waals surface area contributed by atoms with Crippen LogP contribution in [0.2, 0.25) is 0 Å². The Labute approximate surface area is 78.2 Å². The van der Waals surface area contributed by atoms with Crippen LogP contribution in [0.5, 0.6) is 0 Å². The highest BCUT2D eigenvalue weighted by Gasteiger charge is 2.60. The van der Waals surface area contributed by atoms with Gasteiger partial charge in [0, 0.05) is 5.92 Å². The second-order valence-electron chi connectivity index (χ2n) is 5.55. The molecule has 0 N–H and O–H groups in total. The third-order valence-electron chi connectivity index (χ3n) is 5.26. The SMILES string of the molecule is FC1=CC2CC1C1C3CCC(C3)C21. The molecule has 4 bridgehead atoms. The van der Waals surface area contributed by atoms with Crippen molar-refractivity contribution in [3.63, 3.8) is 0 Å². The molecule has 0 saturated heterocycles. The molecule has 6 atom stereocenters. The van der Waals surface area contributed by atoms with Gasteiger partial charge in [0.2, 0.25) is 0 Å². The van der Waals surface area contributed by atoms with Crippen molar-refractivity contribution in [1.82, 2.24) is 0 Å². The van der Waals surface area contributed by atoms with Crippen molar-refractivity contribution in [2.75, 3.05) is 0 Å². The first kappa shape index (κ1) is 7.03. The Bertz CT molecular complexity index is 293. The maximum atomic E-state index is 13.4. The maximum absolute atomic E-state index is 13.4. The van der Waals surface area contributed by atoms with Crippen molar-refractivity contribution in [3.05, 3.63) is 11.9 Å². The quantitative estimate of drug-likeness (QED) is 0.500. The first-order chi connectivity index (χ1) is 6.34. The van der Waals surface area contributed by atoms with Crippen LogP contribution >= 0.6 is 0 Å². The van der Waals surface area contributed by atoms with Gasteiger partial charge in [-0.05, 0) is 61.3 Å². The van der Waals surface area contributed by atoms with Crippen LogP contribution in [0.15, 0.2) is 11.9 Å². The molecular formula is C12H15F. The zero-order chi connectivity index (χ0) is 8.58. The van der Waals surface area contributed by atoms with E-state index in [0.29, 0.717) is 11.8 Å². The maximum Gasteiger partial charge on any atom is 0.0996 e. The second kappa shape index (κ2) is 2.02. The van der Waals surface area contributed by atoms with E-state index in [-0.39, 0.29) is 5.83 Å². The molecule has 1 heteroatoms. The summed E-state index contributed by atoms with van der Waals surface area (Å²) in [6.45, 7) is 0. The average Bonchev–Trinajstić information content (AvgIpc) is 2.78. The van der Waals surface area contributed by atoms with E-state index in [2.05, 4.69) is 0 Å². The minimum atomic E-state index is 0.249. The van der Waals surface area contributed by atoms with Gasteiger partial charge in [0.15, 0.2) is 0 Å². The Balaban J connectivity index is 1.81. The van der Waals surface area contributed by atoms with Crippen LogP contribution in [0.4, 0.5) is 4.39 Å². The largest absolute Gasteiger partial charge is 0.212 e. The van der Waals surface area contributed by atoms with Crippen LogP contribution in [-0.4, -0.2) is 0 Å². The molecule has 0 radical (unpaired) electrons. The second-order valence-corrected chi connectivity index (χ2v) is 5.55.